The van der Waals surface area contributed by atoms with Gasteiger partial charge in [0, 0.05) is 24.7 Å². The summed E-state index contributed by atoms with van der Waals surface area (Å²) in [6.07, 6.45) is 2.57. The van der Waals surface area contributed by atoms with Crippen molar-refractivity contribution >= 4 is 0 Å². The van der Waals surface area contributed by atoms with Crippen molar-refractivity contribution in [2.75, 3.05) is 19.6 Å². The Kier molecular flexibility index (Phi) is 4.60. The standard InChI is InChI=1S/C13H28N2/c1-6-13(4,5)14-9-12(3)15-8-7-11(2)10-15/h11-12,14H,6-10H2,1-5H3. The van der Waals surface area contributed by atoms with E-state index in [9.17, 15) is 0 Å². The fraction of sp³-hybridized carbons (Fsp3) is 1.00. The molecule has 0 bridgehead atoms. The largest absolute Gasteiger partial charge is 0.310 e. The van der Waals surface area contributed by atoms with E-state index in [1.807, 2.05) is 0 Å². The number of nitrogens with one attached hydrogen (secondary N) is 1. The quantitative estimate of drug-likeness (QED) is 0.753. The number of rotatable bonds is 5. The topological polar surface area (TPSA) is 15.3 Å². The maximum Gasteiger partial charge on any atom is 0.0192 e. The van der Waals surface area contributed by atoms with Gasteiger partial charge in [-0.25, -0.2) is 0 Å². The molecule has 0 aromatic heterocycles. The molecule has 0 aliphatic carbocycles. The summed E-state index contributed by atoms with van der Waals surface area (Å²) in [7, 11) is 0. The molecule has 1 N–H and O–H groups in total. The molecule has 1 heterocycles. The summed E-state index contributed by atoms with van der Waals surface area (Å²) < 4.78 is 0. The molecule has 1 aliphatic rings. The molecule has 0 aromatic carbocycles. The van der Waals surface area contributed by atoms with Crippen molar-refractivity contribution in [3.8, 4) is 0 Å². The zero-order chi connectivity index (χ0) is 11.5. The lowest BCUT2D eigenvalue weighted by atomic mass is 10.0. The predicted molar refractivity (Wildman–Crippen MR) is 67.2 cm³/mol. The lowest BCUT2D eigenvalue weighted by Crippen LogP contribution is -2.46. The minimum absolute atomic E-state index is 0.291. The smallest absolute Gasteiger partial charge is 0.0192 e. The Morgan fingerprint density at radius 2 is 2.13 bits per heavy atom. The van der Waals surface area contributed by atoms with Gasteiger partial charge in [0.05, 0.1) is 0 Å². The summed E-state index contributed by atoms with van der Waals surface area (Å²) in [5.41, 5.74) is 0.291. The number of nitrogens with zero attached hydrogens (tertiary/aromatic N) is 1. The van der Waals surface area contributed by atoms with E-state index in [4.69, 9.17) is 0 Å². The Balaban J connectivity index is 2.27. The van der Waals surface area contributed by atoms with Crippen LogP contribution in [0.3, 0.4) is 0 Å². The van der Waals surface area contributed by atoms with Gasteiger partial charge < -0.3 is 5.32 Å². The molecule has 2 nitrogen and oxygen atoms in total. The van der Waals surface area contributed by atoms with E-state index in [0.717, 1.165) is 12.5 Å². The van der Waals surface area contributed by atoms with Crippen molar-refractivity contribution in [1.82, 2.24) is 10.2 Å². The molecule has 0 radical (unpaired) electrons. The van der Waals surface area contributed by atoms with Gasteiger partial charge in [-0.1, -0.05) is 13.8 Å². The van der Waals surface area contributed by atoms with Crippen molar-refractivity contribution in [2.24, 2.45) is 5.92 Å². The first-order valence-electron chi connectivity index (χ1n) is 6.43. The molecule has 90 valence electrons. The van der Waals surface area contributed by atoms with Crippen molar-refractivity contribution < 1.29 is 0 Å². The second kappa shape index (κ2) is 5.31. The zero-order valence-electron chi connectivity index (χ0n) is 11.1. The molecule has 0 saturated carbocycles. The van der Waals surface area contributed by atoms with Crippen molar-refractivity contribution in [3.63, 3.8) is 0 Å². The third-order valence-electron chi connectivity index (χ3n) is 3.84. The highest BCUT2D eigenvalue weighted by Crippen LogP contribution is 2.17. The average Bonchev–Trinajstić information content (AvgIpc) is 2.61. The third kappa shape index (κ3) is 4.12. The van der Waals surface area contributed by atoms with Crippen LogP contribution >= 0.6 is 0 Å². The molecular formula is C13H28N2. The summed E-state index contributed by atoms with van der Waals surface area (Å²) in [6, 6.07) is 0.681. The minimum atomic E-state index is 0.291. The van der Waals surface area contributed by atoms with Crippen LogP contribution in [0.5, 0.6) is 0 Å². The fourth-order valence-electron chi connectivity index (χ4n) is 2.05. The molecule has 1 rings (SSSR count). The van der Waals surface area contributed by atoms with Crippen molar-refractivity contribution in [1.29, 1.82) is 0 Å². The van der Waals surface area contributed by atoms with Crippen LogP contribution in [0.1, 0.15) is 47.5 Å². The molecular weight excluding hydrogens is 184 g/mol. The number of likely N-dealkylation sites (tertiary alicyclic amines) is 1. The van der Waals surface area contributed by atoms with E-state index in [2.05, 4.69) is 44.8 Å². The lowest BCUT2D eigenvalue weighted by Gasteiger charge is -2.30. The minimum Gasteiger partial charge on any atom is -0.310 e. The van der Waals surface area contributed by atoms with Gasteiger partial charge in [0.25, 0.3) is 0 Å². The van der Waals surface area contributed by atoms with E-state index < -0.39 is 0 Å². The average molecular weight is 212 g/mol. The monoisotopic (exact) mass is 212 g/mol. The van der Waals surface area contributed by atoms with E-state index in [0.29, 0.717) is 11.6 Å². The Bertz CT molecular complexity index is 189. The summed E-state index contributed by atoms with van der Waals surface area (Å²) in [4.78, 5) is 2.61. The summed E-state index contributed by atoms with van der Waals surface area (Å²) in [5.74, 6) is 0.895. The van der Waals surface area contributed by atoms with Crippen LogP contribution in [0.25, 0.3) is 0 Å². The SMILES string of the molecule is CCC(C)(C)NCC(C)N1CCC(C)C1. The van der Waals surface area contributed by atoms with Crippen LogP contribution < -0.4 is 5.32 Å². The Morgan fingerprint density at radius 1 is 1.47 bits per heavy atom. The highest BCUT2D eigenvalue weighted by molar-refractivity contribution is 4.82. The first-order valence-corrected chi connectivity index (χ1v) is 6.43. The fourth-order valence-corrected chi connectivity index (χ4v) is 2.05. The second-order valence-corrected chi connectivity index (χ2v) is 5.86. The van der Waals surface area contributed by atoms with Gasteiger partial charge in [0.15, 0.2) is 0 Å². The van der Waals surface area contributed by atoms with Crippen LogP contribution in [0, 0.1) is 5.92 Å². The van der Waals surface area contributed by atoms with Crippen molar-refractivity contribution in [2.45, 2.75) is 59.0 Å². The first-order chi connectivity index (χ1) is 6.94. The van der Waals surface area contributed by atoms with Crippen LogP contribution in [0.2, 0.25) is 0 Å². The van der Waals surface area contributed by atoms with E-state index in [-0.39, 0.29) is 0 Å². The summed E-state index contributed by atoms with van der Waals surface area (Å²) >= 11 is 0. The highest BCUT2D eigenvalue weighted by Gasteiger charge is 2.24. The number of hydrogen-bond acceptors (Lipinski definition) is 2. The van der Waals surface area contributed by atoms with Crippen LogP contribution in [0.15, 0.2) is 0 Å². The van der Waals surface area contributed by atoms with E-state index >= 15 is 0 Å². The third-order valence-corrected chi connectivity index (χ3v) is 3.84. The summed E-state index contributed by atoms with van der Waals surface area (Å²) in [6.45, 7) is 15.2. The van der Waals surface area contributed by atoms with E-state index in [1.54, 1.807) is 0 Å². The molecule has 2 unspecified atom stereocenters. The van der Waals surface area contributed by atoms with Gasteiger partial charge in [0.2, 0.25) is 0 Å². The summed E-state index contributed by atoms with van der Waals surface area (Å²) in [5, 5.41) is 3.66. The second-order valence-electron chi connectivity index (χ2n) is 5.86. The molecule has 2 atom stereocenters. The highest BCUT2D eigenvalue weighted by atomic mass is 15.2. The Labute approximate surface area is 95.4 Å². The Morgan fingerprint density at radius 3 is 2.60 bits per heavy atom. The molecule has 1 saturated heterocycles. The van der Waals surface area contributed by atoms with Gasteiger partial charge in [-0.05, 0) is 46.1 Å². The van der Waals surface area contributed by atoms with E-state index in [1.165, 1.54) is 25.9 Å². The first kappa shape index (κ1) is 13.0. The number of hydrogen-bond donors (Lipinski definition) is 1. The lowest BCUT2D eigenvalue weighted by molar-refractivity contribution is 0.225. The van der Waals surface area contributed by atoms with Gasteiger partial charge >= 0.3 is 0 Å². The molecule has 0 spiro atoms. The zero-order valence-corrected chi connectivity index (χ0v) is 11.1. The van der Waals surface area contributed by atoms with Crippen LogP contribution in [-0.4, -0.2) is 36.1 Å². The molecule has 1 fully saturated rings. The normalized spacial score (nSPS) is 25.8. The predicted octanol–water partition coefficient (Wildman–Crippen LogP) is 2.49. The molecule has 0 aromatic rings. The van der Waals surface area contributed by atoms with Gasteiger partial charge in [0.1, 0.15) is 0 Å². The maximum atomic E-state index is 3.66. The Hall–Kier alpha value is -0.0800. The van der Waals surface area contributed by atoms with Crippen molar-refractivity contribution in [3.05, 3.63) is 0 Å². The molecule has 2 heteroatoms. The van der Waals surface area contributed by atoms with Gasteiger partial charge in [-0.3, -0.25) is 4.90 Å². The van der Waals surface area contributed by atoms with Gasteiger partial charge in [-0.2, -0.15) is 0 Å². The van der Waals surface area contributed by atoms with Crippen LogP contribution in [0.4, 0.5) is 0 Å². The molecule has 1 aliphatic heterocycles. The maximum absolute atomic E-state index is 3.66. The molecule has 0 amide bonds. The molecule has 15 heavy (non-hydrogen) atoms. The van der Waals surface area contributed by atoms with Crippen LogP contribution in [-0.2, 0) is 0 Å². The van der Waals surface area contributed by atoms with Gasteiger partial charge in [-0.15, -0.1) is 0 Å².